The van der Waals surface area contributed by atoms with Gasteiger partial charge in [0.25, 0.3) is 11.8 Å². The molecule has 0 unspecified atom stereocenters. The summed E-state index contributed by atoms with van der Waals surface area (Å²) in [6, 6.07) is 3.11. The molecule has 0 aliphatic heterocycles. The van der Waals surface area contributed by atoms with Gasteiger partial charge in [0.2, 0.25) is 0 Å². The zero-order valence-electron chi connectivity index (χ0n) is 14.1. The second-order valence-electron chi connectivity index (χ2n) is 5.44. The molecule has 2 N–H and O–H groups in total. The van der Waals surface area contributed by atoms with Crippen molar-refractivity contribution in [2.24, 2.45) is 0 Å². The zero-order chi connectivity index (χ0) is 17.1. The molecule has 0 aromatic carbocycles. The number of pyridine rings is 1. The van der Waals surface area contributed by atoms with Crippen LogP contribution in [-0.2, 0) is 4.74 Å². The van der Waals surface area contributed by atoms with Crippen LogP contribution in [0.4, 0.5) is 0 Å². The minimum absolute atomic E-state index is 0.195. The maximum Gasteiger partial charge on any atom is 0.269 e. The fraction of sp³-hybridized carbons (Fsp3) is 0.562. The Morgan fingerprint density at radius 1 is 1.17 bits per heavy atom. The van der Waals surface area contributed by atoms with Gasteiger partial charge in [-0.2, -0.15) is 0 Å². The Morgan fingerprint density at radius 2 is 1.87 bits per heavy atom. The van der Waals surface area contributed by atoms with Crippen molar-refractivity contribution < 1.29 is 14.3 Å². The minimum Gasteiger partial charge on any atom is -0.385 e. The van der Waals surface area contributed by atoms with Gasteiger partial charge in [-0.05, 0) is 45.6 Å². The predicted octanol–water partition coefficient (Wildman–Crippen LogP) is 0.529. The highest BCUT2D eigenvalue weighted by molar-refractivity contribution is 5.98. The van der Waals surface area contributed by atoms with Crippen molar-refractivity contribution in [3.05, 3.63) is 29.6 Å². The molecule has 0 fully saturated rings. The molecule has 0 bridgehead atoms. The maximum absolute atomic E-state index is 12.1. The molecule has 0 saturated heterocycles. The third-order valence-electron chi connectivity index (χ3n) is 3.13. The number of rotatable bonds is 10. The van der Waals surface area contributed by atoms with Crippen LogP contribution in [-0.4, -0.2) is 69.1 Å². The van der Waals surface area contributed by atoms with Gasteiger partial charge in [0.05, 0.1) is 0 Å². The SMILES string of the molecule is COCCCNC(=O)c1cc(C(=O)NCCCN(C)C)ccn1. The number of methoxy groups -OCH3 is 1. The van der Waals surface area contributed by atoms with Crippen molar-refractivity contribution in [1.82, 2.24) is 20.5 Å². The quantitative estimate of drug-likeness (QED) is 0.614. The highest BCUT2D eigenvalue weighted by atomic mass is 16.5. The largest absolute Gasteiger partial charge is 0.385 e. The van der Waals surface area contributed by atoms with Crippen molar-refractivity contribution >= 4 is 11.8 Å². The Morgan fingerprint density at radius 3 is 2.57 bits per heavy atom. The normalized spacial score (nSPS) is 10.6. The first-order valence-electron chi connectivity index (χ1n) is 7.70. The lowest BCUT2D eigenvalue weighted by Gasteiger charge is -2.10. The maximum atomic E-state index is 12.1. The van der Waals surface area contributed by atoms with Crippen LogP contribution in [0.2, 0.25) is 0 Å². The lowest BCUT2D eigenvalue weighted by Crippen LogP contribution is -2.29. The number of amides is 2. The third-order valence-corrected chi connectivity index (χ3v) is 3.13. The van der Waals surface area contributed by atoms with E-state index < -0.39 is 0 Å². The topological polar surface area (TPSA) is 83.6 Å². The molecule has 2 amide bonds. The lowest BCUT2D eigenvalue weighted by atomic mass is 10.2. The van der Waals surface area contributed by atoms with E-state index in [-0.39, 0.29) is 17.5 Å². The summed E-state index contributed by atoms with van der Waals surface area (Å²) in [5, 5.41) is 5.58. The average molecular weight is 322 g/mol. The van der Waals surface area contributed by atoms with Crippen molar-refractivity contribution in [3.8, 4) is 0 Å². The zero-order valence-corrected chi connectivity index (χ0v) is 14.1. The van der Waals surface area contributed by atoms with Crippen LogP contribution in [0.1, 0.15) is 33.7 Å². The van der Waals surface area contributed by atoms with Gasteiger partial charge in [-0.15, -0.1) is 0 Å². The molecule has 0 radical (unpaired) electrons. The van der Waals surface area contributed by atoms with Crippen LogP contribution in [0.5, 0.6) is 0 Å². The Bertz CT molecular complexity index is 506. The number of nitrogens with zero attached hydrogens (tertiary/aromatic N) is 2. The van der Waals surface area contributed by atoms with Crippen LogP contribution in [0.15, 0.2) is 18.3 Å². The third kappa shape index (κ3) is 7.71. The van der Waals surface area contributed by atoms with Crippen LogP contribution < -0.4 is 10.6 Å². The molecule has 7 heteroatoms. The summed E-state index contributed by atoms with van der Waals surface area (Å²) >= 11 is 0. The molecule has 1 aromatic heterocycles. The molecule has 128 valence electrons. The van der Waals surface area contributed by atoms with Gasteiger partial charge in [0, 0.05) is 38.6 Å². The number of aromatic nitrogens is 1. The Balaban J connectivity index is 2.48. The molecular weight excluding hydrogens is 296 g/mol. The van der Waals surface area contributed by atoms with Crippen LogP contribution >= 0.6 is 0 Å². The number of hydrogen-bond donors (Lipinski definition) is 2. The highest BCUT2D eigenvalue weighted by Crippen LogP contribution is 2.02. The number of nitrogens with one attached hydrogen (secondary N) is 2. The van der Waals surface area contributed by atoms with Crippen LogP contribution in [0, 0.1) is 0 Å². The van der Waals surface area contributed by atoms with E-state index in [1.807, 2.05) is 14.1 Å². The molecule has 1 aromatic rings. The molecule has 0 spiro atoms. The molecule has 7 nitrogen and oxygen atoms in total. The summed E-state index contributed by atoms with van der Waals surface area (Å²) < 4.78 is 4.92. The summed E-state index contributed by atoms with van der Waals surface area (Å²) in [6.07, 6.45) is 3.07. The summed E-state index contributed by atoms with van der Waals surface area (Å²) in [5.41, 5.74) is 0.676. The van der Waals surface area contributed by atoms with E-state index in [9.17, 15) is 9.59 Å². The second kappa shape index (κ2) is 10.7. The molecule has 1 rings (SSSR count). The van der Waals surface area contributed by atoms with Gasteiger partial charge in [-0.3, -0.25) is 14.6 Å². The molecule has 0 saturated carbocycles. The van der Waals surface area contributed by atoms with E-state index in [1.54, 1.807) is 13.2 Å². The summed E-state index contributed by atoms with van der Waals surface area (Å²) in [4.78, 5) is 30.1. The van der Waals surface area contributed by atoms with Gasteiger partial charge < -0.3 is 20.3 Å². The van der Waals surface area contributed by atoms with Gasteiger partial charge in [-0.25, -0.2) is 0 Å². The van der Waals surface area contributed by atoms with Gasteiger partial charge in [0.15, 0.2) is 0 Å². The van der Waals surface area contributed by atoms with Crippen molar-refractivity contribution in [2.45, 2.75) is 12.8 Å². The molecule has 0 aliphatic carbocycles. The molecule has 23 heavy (non-hydrogen) atoms. The Hall–Kier alpha value is -1.99. The monoisotopic (exact) mass is 322 g/mol. The van der Waals surface area contributed by atoms with E-state index in [1.165, 1.54) is 12.3 Å². The van der Waals surface area contributed by atoms with Crippen molar-refractivity contribution in [2.75, 3.05) is 47.4 Å². The first-order valence-corrected chi connectivity index (χ1v) is 7.70. The van der Waals surface area contributed by atoms with Crippen molar-refractivity contribution in [3.63, 3.8) is 0 Å². The second-order valence-corrected chi connectivity index (χ2v) is 5.44. The Labute approximate surface area is 137 Å². The molecular formula is C16H26N4O3. The number of carbonyl (C=O) groups excluding carboxylic acids is 2. The number of carbonyl (C=O) groups is 2. The predicted molar refractivity (Wildman–Crippen MR) is 88.6 cm³/mol. The van der Waals surface area contributed by atoms with E-state index >= 15 is 0 Å². The van der Waals surface area contributed by atoms with Crippen LogP contribution in [0.3, 0.4) is 0 Å². The average Bonchev–Trinajstić information content (AvgIpc) is 2.55. The van der Waals surface area contributed by atoms with E-state index in [4.69, 9.17) is 4.74 Å². The standard InChI is InChI=1S/C16H26N4O3/c1-20(2)10-4-7-18-15(21)13-6-9-17-14(12-13)16(22)19-8-5-11-23-3/h6,9,12H,4-5,7-8,10-11H2,1-3H3,(H,18,21)(H,19,22). The number of hydrogen-bond acceptors (Lipinski definition) is 5. The molecule has 1 heterocycles. The minimum atomic E-state index is -0.289. The first-order chi connectivity index (χ1) is 11.0. The molecule has 0 atom stereocenters. The first kappa shape index (κ1) is 19.1. The Kier molecular flexibility index (Phi) is 8.86. The summed E-state index contributed by atoms with van der Waals surface area (Å²) in [6.45, 7) is 2.60. The fourth-order valence-electron chi connectivity index (χ4n) is 1.90. The van der Waals surface area contributed by atoms with E-state index in [0.717, 1.165) is 19.4 Å². The van der Waals surface area contributed by atoms with Crippen molar-refractivity contribution in [1.29, 1.82) is 0 Å². The van der Waals surface area contributed by atoms with E-state index in [2.05, 4.69) is 20.5 Å². The van der Waals surface area contributed by atoms with E-state index in [0.29, 0.717) is 25.3 Å². The molecule has 0 aliphatic rings. The fourth-order valence-corrected chi connectivity index (χ4v) is 1.90. The summed E-state index contributed by atoms with van der Waals surface area (Å²) in [5.74, 6) is -0.483. The van der Waals surface area contributed by atoms with Gasteiger partial charge in [-0.1, -0.05) is 0 Å². The number of ether oxygens (including phenoxy) is 1. The van der Waals surface area contributed by atoms with Gasteiger partial charge in [0.1, 0.15) is 5.69 Å². The lowest BCUT2D eigenvalue weighted by molar-refractivity contribution is 0.0943. The van der Waals surface area contributed by atoms with Gasteiger partial charge >= 0.3 is 0 Å². The highest BCUT2D eigenvalue weighted by Gasteiger charge is 2.11. The van der Waals surface area contributed by atoms with Crippen LogP contribution in [0.25, 0.3) is 0 Å². The summed E-state index contributed by atoms with van der Waals surface area (Å²) in [7, 11) is 5.59. The smallest absolute Gasteiger partial charge is 0.269 e.